The highest BCUT2D eigenvalue weighted by Gasteiger charge is 2.21. The zero-order valence-electron chi connectivity index (χ0n) is 15.9. The third-order valence-corrected chi connectivity index (χ3v) is 4.10. The Morgan fingerprint density at radius 2 is 1.36 bits per heavy atom. The number of anilines is 1. The number of hydrogen-bond acceptors (Lipinski definition) is 1. The van der Waals surface area contributed by atoms with Crippen molar-refractivity contribution in [1.82, 2.24) is 0 Å². The fraction of sp³-hybridized carbons (Fsp3) is 0.524. The molecule has 0 amide bonds. The first-order chi connectivity index (χ1) is 9.96. The van der Waals surface area contributed by atoms with Gasteiger partial charge in [0.25, 0.3) is 0 Å². The molecule has 22 heavy (non-hydrogen) atoms. The molecule has 0 bridgehead atoms. The number of allylic oxidation sites excluding steroid dienone is 4. The number of hydrogen-bond donors (Lipinski definition) is 0. The van der Waals surface area contributed by atoms with Gasteiger partial charge in [0.05, 0.1) is 0 Å². The lowest BCUT2D eigenvalue weighted by molar-refractivity contribution is 0.568. The normalized spacial score (nSPS) is 13.8. The zero-order chi connectivity index (χ0) is 17.1. The molecule has 0 N–H and O–H groups in total. The van der Waals surface area contributed by atoms with Gasteiger partial charge in [0.2, 0.25) is 0 Å². The molecule has 0 aliphatic carbocycles. The van der Waals surface area contributed by atoms with Gasteiger partial charge < -0.3 is 4.90 Å². The van der Waals surface area contributed by atoms with Crippen molar-refractivity contribution in [2.75, 3.05) is 11.9 Å². The molecular formula is C21H33N. The van der Waals surface area contributed by atoms with Crippen LogP contribution in [0.1, 0.15) is 66.5 Å². The third-order valence-electron chi connectivity index (χ3n) is 4.10. The van der Waals surface area contributed by atoms with Crippen LogP contribution < -0.4 is 4.90 Å². The molecule has 0 heterocycles. The standard InChI is InChI=1S/C21H33N/c1-10-11-12-16(2)22(9)19-14-17(20(3,4)5)13-18(15-19)21(6,7)8/h10-15H,1-9H3/b11-10-,16-12+. The van der Waals surface area contributed by atoms with E-state index in [1.165, 1.54) is 22.5 Å². The average molecular weight is 300 g/mol. The quantitative estimate of drug-likeness (QED) is 0.601. The molecule has 0 aliphatic heterocycles. The van der Waals surface area contributed by atoms with Crippen molar-refractivity contribution in [2.45, 2.75) is 66.2 Å². The summed E-state index contributed by atoms with van der Waals surface area (Å²) in [6.45, 7) is 17.9. The number of nitrogens with zero attached hydrogens (tertiary/aromatic N) is 1. The molecule has 1 nitrogen and oxygen atoms in total. The van der Waals surface area contributed by atoms with Gasteiger partial charge in [-0.3, -0.25) is 0 Å². The predicted octanol–water partition coefficient (Wildman–Crippen LogP) is 6.20. The monoisotopic (exact) mass is 299 g/mol. The van der Waals surface area contributed by atoms with Crippen molar-refractivity contribution in [3.8, 4) is 0 Å². The second-order valence-electron chi connectivity index (χ2n) is 8.16. The average Bonchev–Trinajstić information content (AvgIpc) is 2.41. The fourth-order valence-electron chi connectivity index (χ4n) is 2.22. The molecule has 0 spiro atoms. The van der Waals surface area contributed by atoms with Gasteiger partial charge >= 0.3 is 0 Å². The largest absolute Gasteiger partial charge is 0.348 e. The van der Waals surface area contributed by atoms with Gasteiger partial charge in [0.1, 0.15) is 0 Å². The molecule has 1 rings (SSSR count). The molecule has 0 fully saturated rings. The van der Waals surface area contributed by atoms with Gasteiger partial charge in [-0.05, 0) is 54.0 Å². The van der Waals surface area contributed by atoms with Crippen LogP contribution in [0.3, 0.4) is 0 Å². The lowest BCUT2D eigenvalue weighted by Crippen LogP contribution is -2.20. The van der Waals surface area contributed by atoms with Crippen LogP contribution in [0.15, 0.2) is 42.1 Å². The summed E-state index contributed by atoms with van der Waals surface area (Å²) < 4.78 is 0. The van der Waals surface area contributed by atoms with Crippen molar-refractivity contribution >= 4 is 5.69 Å². The van der Waals surface area contributed by atoms with E-state index in [4.69, 9.17) is 0 Å². The van der Waals surface area contributed by atoms with E-state index in [0.29, 0.717) is 0 Å². The van der Waals surface area contributed by atoms with E-state index in [1.54, 1.807) is 0 Å². The van der Waals surface area contributed by atoms with Crippen LogP contribution in [0.4, 0.5) is 5.69 Å². The summed E-state index contributed by atoms with van der Waals surface area (Å²) >= 11 is 0. The minimum atomic E-state index is 0.151. The Labute approximate surface area is 137 Å². The van der Waals surface area contributed by atoms with E-state index in [2.05, 4.69) is 96.8 Å². The van der Waals surface area contributed by atoms with Crippen LogP contribution in [0.25, 0.3) is 0 Å². The molecule has 0 atom stereocenters. The van der Waals surface area contributed by atoms with E-state index in [0.717, 1.165) is 0 Å². The molecule has 0 aromatic heterocycles. The number of rotatable bonds is 3. The highest BCUT2D eigenvalue weighted by Crippen LogP contribution is 2.33. The maximum Gasteiger partial charge on any atom is 0.0411 e. The Hall–Kier alpha value is -1.50. The molecule has 1 heteroatoms. The van der Waals surface area contributed by atoms with Crippen molar-refractivity contribution < 1.29 is 0 Å². The Kier molecular flexibility index (Phi) is 5.67. The molecule has 0 unspecified atom stereocenters. The minimum absolute atomic E-state index is 0.151. The number of benzene rings is 1. The zero-order valence-corrected chi connectivity index (χ0v) is 15.9. The van der Waals surface area contributed by atoms with Gasteiger partial charge in [-0.2, -0.15) is 0 Å². The summed E-state index contributed by atoms with van der Waals surface area (Å²) in [5.41, 5.74) is 5.58. The van der Waals surface area contributed by atoms with Crippen LogP contribution in [0, 0.1) is 0 Å². The maximum atomic E-state index is 2.36. The van der Waals surface area contributed by atoms with Crippen LogP contribution in [0.2, 0.25) is 0 Å². The smallest absolute Gasteiger partial charge is 0.0411 e. The lowest BCUT2D eigenvalue weighted by Gasteiger charge is -2.29. The van der Waals surface area contributed by atoms with Crippen LogP contribution in [0.5, 0.6) is 0 Å². The Balaban J connectivity index is 3.41. The summed E-state index contributed by atoms with van der Waals surface area (Å²) in [6, 6.07) is 7.01. The molecule has 0 saturated carbocycles. The van der Waals surface area contributed by atoms with Crippen LogP contribution in [-0.2, 0) is 10.8 Å². The summed E-state index contributed by atoms with van der Waals surface area (Å²) in [6.07, 6.45) is 6.30. The maximum absolute atomic E-state index is 2.36. The van der Waals surface area contributed by atoms with Gasteiger partial charge in [0, 0.05) is 18.4 Å². The SMILES string of the molecule is C/C=C\C=C(/C)N(C)c1cc(C(C)(C)C)cc(C(C)(C)C)c1. The van der Waals surface area contributed by atoms with Crippen molar-refractivity contribution in [2.24, 2.45) is 0 Å². The molecule has 0 radical (unpaired) electrons. The first-order valence-electron chi connectivity index (χ1n) is 8.16. The van der Waals surface area contributed by atoms with E-state index in [-0.39, 0.29) is 10.8 Å². The Bertz CT molecular complexity index is 530. The van der Waals surface area contributed by atoms with E-state index < -0.39 is 0 Å². The van der Waals surface area contributed by atoms with E-state index in [1.807, 2.05) is 6.92 Å². The van der Waals surface area contributed by atoms with E-state index in [9.17, 15) is 0 Å². The Morgan fingerprint density at radius 1 is 0.909 bits per heavy atom. The first kappa shape index (κ1) is 18.5. The van der Waals surface area contributed by atoms with Gasteiger partial charge in [-0.25, -0.2) is 0 Å². The summed E-state index contributed by atoms with van der Waals surface area (Å²) in [7, 11) is 2.14. The third kappa shape index (κ3) is 4.76. The van der Waals surface area contributed by atoms with Crippen LogP contribution in [-0.4, -0.2) is 7.05 Å². The predicted molar refractivity (Wildman–Crippen MR) is 101 cm³/mol. The Morgan fingerprint density at radius 3 is 1.73 bits per heavy atom. The summed E-state index contributed by atoms with van der Waals surface area (Å²) in [4.78, 5) is 2.27. The van der Waals surface area contributed by atoms with Gasteiger partial charge in [-0.15, -0.1) is 0 Å². The molecule has 122 valence electrons. The topological polar surface area (TPSA) is 3.24 Å². The van der Waals surface area contributed by atoms with Crippen molar-refractivity contribution in [3.63, 3.8) is 0 Å². The molecule has 1 aromatic rings. The lowest BCUT2D eigenvalue weighted by atomic mass is 9.80. The molecule has 0 aliphatic rings. The molecular weight excluding hydrogens is 266 g/mol. The van der Waals surface area contributed by atoms with E-state index >= 15 is 0 Å². The van der Waals surface area contributed by atoms with Crippen LogP contribution >= 0.6 is 0 Å². The molecule has 1 aromatic carbocycles. The highest BCUT2D eigenvalue weighted by atomic mass is 15.1. The minimum Gasteiger partial charge on any atom is -0.348 e. The van der Waals surface area contributed by atoms with Crippen molar-refractivity contribution in [1.29, 1.82) is 0 Å². The first-order valence-corrected chi connectivity index (χ1v) is 8.16. The van der Waals surface area contributed by atoms with Crippen molar-refractivity contribution in [3.05, 3.63) is 53.3 Å². The highest BCUT2D eigenvalue weighted by molar-refractivity contribution is 5.57. The summed E-state index contributed by atoms with van der Waals surface area (Å²) in [5.74, 6) is 0. The second kappa shape index (κ2) is 6.73. The molecule has 0 saturated heterocycles. The second-order valence-corrected chi connectivity index (χ2v) is 8.16. The summed E-state index contributed by atoms with van der Waals surface area (Å²) in [5, 5.41) is 0. The van der Waals surface area contributed by atoms with Gasteiger partial charge in [-0.1, -0.05) is 59.8 Å². The van der Waals surface area contributed by atoms with Gasteiger partial charge in [0.15, 0.2) is 0 Å². The fourth-order valence-corrected chi connectivity index (χ4v) is 2.22.